The molecule has 0 bridgehead atoms. The lowest BCUT2D eigenvalue weighted by Crippen LogP contribution is -2.32. The van der Waals surface area contributed by atoms with Crippen molar-refractivity contribution in [3.8, 4) is 0 Å². The first-order valence-electron chi connectivity index (χ1n) is 18.8. The summed E-state index contributed by atoms with van der Waals surface area (Å²) >= 11 is 0. The highest BCUT2D eigenvalue weighted by Gasteiger charge is 2.25. The molecular weight excluding hydrogens is 557 g/mol. The molecule has 1 amide bonds. The lowest BCUT2D eigenvalue weighted by atomic mass is 9.82. The van der Waals surface area contributed by atoms with Crippen LogP contribution < -0.4 is 5.32 Å². The van der Waals surface area contributed by atoms with Crippen LogP contribution in [0.15, 0.2) is 22.8 Å². The maximum absolute atomic E-state index is 13.4. The summed E-state index contributed by atoms with van der Waals surface area (Å²) in [7, 11) is 1.66. The van der Waals surface area contributed by atoms with E-state index in [-0.39, 0.29) is 23.7 Å². The minimum Gasteiger partial charge on any atom is -0.359 e. The van der Waals surface area contributed by atoms with Crippen LogP contribution in [0.1, 0.15) is 187 Å². The summed E-state index contributed by atoms with van der Waals surface area (Å²) in [6, 6.07) is 0. The number of carbonyl (C=O) groups is 2. The summed E-state index contributed by atoms with van der Waals surface area (Å²) in [5, 5.41) is 2.74. The number of allylic oxidation sites excluding steroid dienone is 4. The standard InChI is InChI=1S/C18H31NO2.C11H23F.C8H18.C4H10/c1-7-9-16(12-14(4)15(5)13(2)3)17(10-8-11-20)18(21)19-6;1-5-7-10(4)11(12)8-9(3)6-2;1-4-6-7-8(3)5-2;1-3-4-2/h11-12,16-17H,7-10H2,1-6H3,(H,19,21);9-11H,5-8H2,1-4H3;8H,4-7H2,1-3H3;3-4H2,1-2H3/b14-12-;;;/t;;8-;/m..1./s1. The van der Waals surface area contributed by atoms with Crippen molar-refractivity contribution in [1.82, 2.24) is 5.32 Å². The Bertz CT molecular complexity index is 723. The van der Waals surface area contributed by atoms with Crippen LogP contribution in [-0.2, 0) is 9.59 Å². The van der Waals surface area contributed by atoms with Crippen molar-refractivity contribution in [1.29, 1.82) is 0 Å². The highest BCUT2D eigenvalue weighted by molar-refractivity contribution is 5.79. The number of carbonyl (C=O) groups excluding carboxylic acids is 2. The number of halogens is 1. The fourth-order valence-corrected chi connectivity index (χ4v) is 4.72. The Morgan fingerprint density at radius 1 is 0.733 bits per heavy atom. The topological polar surface area (TPSA) is 46.2 Å². The predicted molar refractivity (Wildman–Crippen MR) is 202 cm³/mol. The van der Waals surface area contributed by atoms with Gasteiger partial charge in [-0.15, -0.1) is 0 Å². The molecule has 6 atom stereocenters. The van der Waals surface area contributed by atoms with Crippen molar-refractivity contribution in [3.63, 3.8) is 0 Å². The second-order valence-electron chi connectivity index (χ2n) is 13.6. The lowest BCUT2D eigenvalue weighted by Gasteiger charge is -2.23. The quantitative estimate of drug-likeness (QED) is 0.106. The van der Waals surface area contributed by atoms with Crippen LogP contribution in [-0.4, -0.2) is 25.4 Å². The van der Waals surface area contributed by atoms with Crippen LogP contribution in [0.4, 0.5) is 4.39 Å². The van der Waals surface area contributed by atoms with Crippen molar-refractivity contribution < 1.29 is 14.0 Å². The molecule has 0 aromatic rings. The van der Waals surface area contributed by atoms with Crippen molar-refractivity contribution in [2.75, 3.05) is 7.05 Å². The van der Waals surface area contributed by atoms with Gasteiger partial charge in [0.1, 0.15) is 12.5 Å². The number of amides is 1. The molecule has 5 unspecified atom stereocenters. The highest BCUT2D eigenvalue weighted by atomic mass is 19.1. The van der Waals surface area contributed by atoms with Gasteiger partial charge in [-0.05, 0) is 82.6 Å². The number of rotatable bonds is 20. The van der Waals surface area contributed by atoms with Gasteiger partial charge < -0.3 is 10.1 Å². The van der Waals surface area contributed by atoms with Crippen LogP contribution in [0.25, 0.3) is 0 Å². The SMILES string of the molecule is CCCC.CCCC(/C=C(/C)C(C)=C(C)C)C(CCC=O)C(=O)NC.CCCC(C)C(F)CC(C)CC.CCCC[C@H](C)CC. The van der Waals surface area contributed by atoms with Gasteiger partial charge in [0.05, 0.1) is 0 Å². The molecule has 0 fully saturated rings. The number of alkyl halides is 1. The molecule has 0 radical (unpaired) electrons. The Morgan fingerprint density at radius 3 is 1.64 bits per heavy atom. The summed E-state index contributed by atoms with van der Waals surface area (Å²) in [5.41, 5.74) is 3.80. The van der Waals surface area contributed by atoms with E-state index in [1.807, 2.05) is 6.92 Å². The lowest BCUT2D eigenvalue weighted by molar-refractivity contribution is -0.126. The summed E-state index contributed by atoms with van der Waals surface area (Å²) < 4.78 is 13.4. The van der Waals surface area contributed by atoms with E-state index in [4.69, 9.17) is 0 Å². The molecule has 0 aromatic heterocycles. The largest absolute Gasteiger partial charge is 0.359 e. The van der Waals surface area contributed by atoms with Crippen molar-refractivity contribution in [2.45, 2.75) is 193 Å². The van der Waals surface area contributed by atoms with Gasteiger partial charge in [-0.3, -0.25) is 4.79 Å². The Kier molecular flexibility index (Phi) is 39.7. The van der Waals surface area contributed by atoms with Gasteiger partial charge in [0.25, 0.3) is 0 Å². The molecule has 0 spiro atoms. The van der Waals surface area contributed by atoms with E-state index in [1.54, 1.807) is 7.05 Å². The van der Waals surface area contributed by atoms with Gasteiger partial charge in [0.15, 0.2) is 0 Å². The van der Waals surface area contributed by atoms with Crippen molar-refractivity contribution >= 4 is 12.2 Å². The third kappa shape index (κ3) is 30.9. The summed E-state index contributed by atoms with van der Waals surface area (Å²) in [4.78, 5) is 22.8. The maximum atomic E-state index is 13.4. The molecule has 0 aliphatic heterocycles. The Hall–Kier alpha value is -1.45. The fourth-order valence-electron chi connectivity index (χ4n) is 4.72. The number of hydrogen-bond donors (Lipinski definition) is 1. The van der Waals surface area contributed by atoms with Crippen molar-refractivity contribution in [2.24, 2.45) is 29.6 Å². The summed E-state index contributed by atoms with van der Waals surface area (Å²) in [5.74, 6) is 1.84. The molecule has 270 valence electrons. The zero-order valence-electron chi connectivity index (χ0n) is 33.2. The number of hydrogen-bond acceptors (Lipinski definition) is 2. The van der Waals surface area contributed by atoms with Crippen LogP contribution in [0.2, 0.25) is 0 Å². The monoisotopic (exact) mass is 640 g/mol. The van der Waals surface area contributed by atoms with Crippen LogP contribution in [0, 0.1) is 29.6 Å². The second-order valence-corrected chi connectivity index (χ2v) is 13.6. The molecule has 0 saturated carbocycles. The van der Waals surface area contributed by atoms with E-state index in [9.17, 15) is 14.0 Å². The first-order valence-corrected chi connectivity index (χ1v) is 18.8. The highest BCUT2D eigenvalue weighted by Crippen LogP contribution is 2.27. The number of nitrogens with one attached hydrogen (secondary N) is 1. The average molecular weight is 640 g/mol. The van der Waals surface area contributed by atoms with E-state index in [0.717, 1.165) is 50.7 Å². The van der Waals surface area contributed by atoms with Crippen LogP contribution >= 0.6 is 0 Å². The van der Waals surface area contributed by atoms with Gasteiger partial charge >= 0.3 is 0 Å². The molecule has 45 heavy (non-hydrogen) atoms. The molecule has 4 heteroatoms. The zero-order valence-corrected chi connectivity index (χ0v) is 33.2. The van der Waals surface area contributed by atoms with Gasteiger partial charge in [-0.2, -0.15) is 0 Å². The number of aldehydes is 1. The molecule has 3 nitrogen and oxygen atoms in total. The predicted octanol–water partition coefficient (Wildman–Crippen LogP) is 13.3. The first-order chi connectivity index (χ1) is 21.2. The van der Waals surface area contributed by atoms with Gasteiger partial charge in [0.2, 0.25) is 5.91 Å². The van der Waals surface area contributed by atoms with Crippen molar-refractivity contribution in [3.05, 3.63) is 22.8 Å². The zero-order chi connectivity index (χ0) is 35.8. The second kappa shape index (κ2) is 35.4. The molecule has 0 aromatic carbocycles. The van der Waals surface area contributed by atoms with E-state index < -0.39 is 6.17 Å². The van der Waals surface area contributed by atoms with E-state index in [2.05, 4.69) is 101 Å². The molecule has 0 saturated heterocycles. The minimum absolute atomic E-state index is 0.0363. The Labute approximate surface area is 283 Å². The third-order valence-corrected chi connectivity index (χ3v) is 9.06. The third-order valence-electron chi connectivity index (χ3n) is 9.06. The Morgan fingerprint density at radius 2 is 1.27 bits per heavy atom. The minimum atomic E-state index is -0.583. The normalized spacial score (nSPS) is 14.8. The molecule has 0 heterocycles. The van der Waals surface area contributed by atoms with E-state index in [0.29, 0.717) is 18.8 Å². The molecule has 0 aliphatic rings. The summed E-state index contributed by atoms with van der Waals surface area (Å²) in [6.07, 6.45) is 17.7. The van der Waals surface area contributed by atoms with Gasteiger partial charge in [0, 0.05) is 19.4 Å². The Balaban J connectivity index is -0.000000293. The van der Waals surface area contributed by atoms with Gasteiger partial charge in [-0.25, -0.2) is 4.39 Å². The van der Waals surface area contributed by atoms with Crippen LogP contribution in [0.3, 0.4) is 0 Å². The fraction of sp³-hybridized carbons (Fsp3) is 0.854. The summed E-state index contributed by atoms with van der Waals surface area (Å²) in [6.45, 7) is 30.2. The van der Waals surface area contributed by atoms with Gasteiger partial charge in [-0.1, -0.05) is 144 Å². The number of unbranched alkanes of at least 4 members (excludes halogenated alkanes) is 2. The van der Waals surface area contributed by atoms with E-state index in [1.165, 1.54) is 55.2 Å². The molecule has 1 N–H and O–H groups in total. The van der Waals surface area contributed by atoms with Crippen LogP contribution in [0.5, 0.6) is 0 Å². The maximum Gasteiger partial charge on any atom is 0.223 e. The van der Waals surface area contributed by atoms with E-state index >= 15 is 0 Å². The smallest absolute Gasteiger partial charge is 0.223 e. The first kappa shape index (κ1) is 50.4. The molecule has 0 aliphatic carbocycles. The molecular formula is C41H82FNO2. The molecule has 0 rings (SSSR count). The average Bonchev–Trinajstić information content (AvgIpc) is 3.03.